The first kappa shape index (κ1) is 16.2. The standard InChI is InChI=1S/C15H17F3N4S/c1-10-2-3-12(23-10)8-22-5-4-11(7-22)21-14-6-13(15(16,17)18)19-9-20-14/h2-3,6,9,11H,4-5,7-8H2,1H3,(H,19,20,21). The Labute approximate surface area is 136 Å². The summed E-state index contributed by atoms with van der Waals surface area (Å²) in [5, 5.41) is 3.08. The summed E-state index contributed by atoms with van der Waals surface area (Å²) < 4.78 is 38.0. The lowest BCUT2D eigenvalue weighted by atomic mass is 10.2. The average molecular weight is 342 g/mol. The van der Waals surface area contributed by atoms with Crippen molar-refractivity contribution >= 4 is 17.2 Å². The number of thiophene rings is 1. The number of halogens is 3. The van der Waals surface area contributed by atoms with Crippen LogP contribution in [0.15, 0.2) is 24.5 Å². The summed E-state index contributed by atoms with van der Waals surface area (Å²) in [4.78, 5) is 12.1. The van der Waals surface area contributed by atoms with Crippen LogP contribution in [0.2, 0.25) is 0 Å². The number of nitrogens with one attached hydrogen (secondary N) is 1. The molecule has 8 heteroatoms. The van der Waals surface area contributed by atoms with Crippen molar-refractivity contribution in [2.75, 3.05) is 18.4 Å². The largest absolute Gasteiger partial charge is 0.433 e. The fourth-order valence-corrected chi connectivity index (χ4v) is 3.62. The van der Waals surface area contributed by atoms with Gasteiger partial charge in [0, 0.05) is 41.5 Å². The van der Waals surface area contributed by atoms with Crippen LogP contribution in [-0.2, 0) is 12.7 Å². The fourth-order valence-electron chi connectivity index (χ4n) is 2.68. The molecule has 2 aromatic heterocycles. The van der Waals surface area contributed by atoms with Crippen LogP contribution < -0.4 is 5.32 Å². The molecule has 0 aromatic carbocycles. The van der Waals surface area contributed by atoms with Crippen molar-refractivity contribution in [3.63, 3.8) is 0 Å². The summed E-state index contributed by atoms with van der Waals surface area (Å²) in [7, 11) is 0. The number of aromatic nitrogens is 2. The van der Waals surface area contributed by atoms with Gasteiger partial charge < -0.3 is 5.32 Å². The van der Waals surface area contributed by atoms with E-state index in [1.165, 1.54) is 9.75 Å². The van der Waals surface area contributed by atoms with Gasteiger partial charge in [-0.15, -0.1) is 11.3 Å². The number of aryl methyl sites for hydroxylation is 1. The molecule has 0 bridgehead atoms. The van der Waals surface area contributed by atoms with Gasteiger partial charge in [-0.1, -0.05) is 0 Å². The molecular formula is C15H17F3N4S. The second-order valence-electron chi connectivity index (χ2n) is 5.66. The van der Waals surface area contributed by atoms with Crippen molar-refractivity contribution in [3.8, 4) is 0 Å². The molecule has 1 N–H and O–H groups in total. The molecular weight excluding hydrogens is 325 g/mol. The number of hydrogen-bond donors (Lipinski definition) is 1. The van der Waals surface area contributed by atoms with E-state index in [-0.39, 0.29) is 11.9 Å². The van der Waals surface area contributed by atoms with Gasteiger partial charge in [0.15, 0.2) is 0 Å². The average Bonchev–Trinajstić information content (AvgIpc) is 3.08. The van der Waals surface area contributed by atoms with Gasteiger partial charge in [-0.05, 0) is 25.5 Å². The van der Waals surface area contributed by atoms with Gasteiger partial charge in [0.05, 0.1) is 0 Å². The van der Waals surface area contributed by atoms with Gasteiger partial charge in [0.1, 0.15) is 17.8 Å². The van der Waals surface area contributed by atoms with Gasteiger partial charge >= 0.3 is 6.18 Å². The number of rotatable bonds is 4. The summed E-state index contributed by atoms with van der Waals surface area (Å²) in [5.74, 6) is 0.228. The Morgan fingerprint density at radius 2 is 2.17 bits per heavy atom. The molecule has 1 unspecified atom stereocenters. The van der Waals surface area contributed by atoms with E-state index in [1.807, 2.05) is 0 Å². The van der Waals surface area contributed by atoms with E-state index >= 15 is 0 Å². The molecule has 23 heavy (non-hydrogen) atoms. The van der Waals surface area contributed by atoms with Gasteiger partial charge in [0.25, 0.3) is 0 Å². The third-order valence-corrected chi connectivity index (χ3v) is 4.74. The molecule has 124 valence electrons. The lowest BCUT2D eigenvalue weighted by molar-refractivity contribution is -0.141. The van der Waals surface area contributed by atoms with Crippen LogP contribution in [0.25, 0.3) is 0 Å². The Morgan fingerprint density at radius 1 is 1.35 bits per heavy atom. The molecule has 3 rings (SSSR count). The fraction of sp³-hybridized carbons (Fsp3) is 0.467. The van der Waals surface area contributed by atoms with Crippen LogP contribution in [0.5, 0.6) is 0 Å². The van der Waals surface area contributed by atoms with E-state index in [0.29, 0.717) is 0 Å². The monoisotopic (exact) mass is 342 g/mol. The second-order valence-corrected chi connectivity index (χ2v) is 7.04. The third-order valence-electron chi connectivity index (χ3n) is 3.76. The minimum Gasteiger partial charge on any atom is -0.366 e. The first-order chi connectivity index (χ1) is 10.9. The highest BCUT2D eigenvalue weighted by atomic mass is 32.1. The first-order valence-electron chi connectivity index (χ1n) is 7.33. The number of likely N-dealkylation sites (tertiary alicyclic amines) is 1. The van der Waals surface area contributed by atoms with Gasteiger partial charge in [-0.25, -0.2) is 9.97 Å². The normalized spacial score (nSPS) is 19.2. The van der Waals surface area contributed by atoms with E-state index in [1.54, 1.807) is 11.3 Å². The summed E-state index contributed by atoms with van der Waals surface area (Å²) in [6, 6.07) is 5.30. The van der Waals surface area contributed by atoms with E-state index in [9.17, 15) is 13.2 Å². The van der Waals surface area contributed by atoms with Crippen LogP contribution in [0.1, 0.15) is 21.9 Å². The number of alkyl halides is 3. The van der Waals surface area contributed by atoms with Crippen LogP contribution in [0, 0.1) is 6.92 Å². The van der Waals surface area contributed by atoms with Gasteiger partial charge in [-0.2, -0.15) is 13.2 Å². The summed E-state index contributed by atoms with van der Waals surface area (Å²) in [6.45, 7) is 4.68. The molecule has 2 aromatic rings. The van der Waals surface area contributed by atoms with Crippen LogP contribution in [-0.4, -0.2) is 34.0 Å². The van der Waals surface area contributed by atoms with Crippen LogP contribution in [0.3, 0.4) is 0 Å². The summed E-state index contributed by atoms with van der Waals surface area (Å²) in [5.41, 5.74) is -0.918. The van der Waals surface area contributed by atoms with Crippen molar-refractivity contribution in [1.82, 2.24) is 14.9 Å². The zero-order valence-electron chi connectivity index (χ0n) is 12.6. The van der Waals surface area contributed by atoms with Crippen molar-refractivity contribution in [3.05, 3.63) is 40.0 Å². The summed E-state index contributed by atoms with van der Waals surface area (Å²) in [6.07, 6.45) is -2.61. The smallest absolute Gasteiger partial charge is 0.366 e. The van der Waals surface area contributed by atoms with E-state index < -0.39 is 11.9 Å². The van der Waals surface area contributed by atoms with Crippen molar-refractivity contribution in [1.29, 1.82) is 0 Å². The molecule has 1 fully saturated rings. The third kappa shape index (κ3) is 4.20. The maximum atomic E-state index is 12.7. The highest BCUT2D eigenvalue weighted by molar-refractivity contribution is 7.11. The molecule has 3 heterocycles. The number of nitrogens with zero attached hydrogens (tertiary/aromatic N) is 3. The first-order valence-corrected chi connectivity index (χ1v) is 8.15. The quantitative estimate of drug-likeness (QED) is 0.923. The molecule has 1 aliphatic rings. The minimum atomic E-state index is -4.45. The molecule has 0 spiro atoms. The summed E-state index contributed by atoms with van der Waals surface area (Å²) >= 11 is 1.78. The maximum absolute atomic E-state index is 12.7. The predicted molar refractivity (Wildman–Crippen MR) is 83.4 cm³/mol. The molecule has 0 amide bonds. The zero-order chi connectivity index (χ0) is 16.4. The maximum Gasteiger partial charge on any atom is 0.433 e. The lowest BCUT2D eigenvalue weighted by Gasteiger charge is -2.16. The topological polar surface area (TPSA) is 41.0 Å². The minimum absolute atomic E-state index is 0.104. The SMILES string of the molecule is Cc1ccc(CN2CCC(Nc3cc(C(F)(F)F)ncn3)C2)s1. The van der Waals surface area contributed by atoms with Crippen molar-refractivity contribution < 1.29 is 13.2 Å². The highest BCUT2D eigenvalue weighted by Crippen LogP contribution is 2.28. The van der Waals surface area contributed by atoms with Gasteiger partial charge in [0.2, 0.25) is 0 Å². The Kier molecular flexibility index (Phi) is 4.54. The van der Waals surface area contributed by atoms with Crippen molar-refractivity contribution in [2.24, 2.45) is 0 Å². The molecule has 1 aliphatic heterocycles. The van der Waals surface area contributed by atoms with E-state index in [2.05, 4.69) is 39.2 Å². The van der Waals surface area contributed by atoms with Crippen LogP contribution >= 0.6 is 11.3 Å². The predicted octanol–water partition coefficient (Wildman–Crippen LogP) is 3.55. The Morgan fingerprint density at radius 3 is 2.87 bits per heavy atom. The van der Waals surface area contributed by atoms with Gasteiger partial charge in [-0.3, -0.25) is 4.90 Å². The highest BCUT2D eigenvalue weighted by Gasteiger charge is 2.33. The molecule has 4 nitrogen and oxygen atoms in total. The molecule has 1 saturated heterocycles. The Balaban J connectivity index is 1.57. The molecule has 1 atom stereocenters. The Hall–Kier alpha value is -1.67. The molecule has 0 radical (unpaired) electrons. The van der Waals surface area contributed by atoms with Crippen molar-refractivity contribution in [2.45, 2.75) is 32.1 Å². The second kappa shape index (κ2) is 6.45. The van der Waals surface area contributed by atoms with E-state index in [0.717, 1.165) is 38.4 Å². The molecule has 0 aliphatic carbocycles. The van der Waals surface area contributed by atoms with Crippen LogP contribution in [0.4, 0.5) is 19.0 Å². The zero-order valence-corrected chi connectivity index (χ0v) is 13.4. The Bertz CT molecular complexity index is 671. The number of anilines is 1. The number of hydrogen-bond acceptors (Lipinski definition) is 5. The van der Waals surface area contributed by atoms with E-state index in [4.69, 9.17) is 0 Å². The molecule has 0 saturated carbocycles. The lowest BCUT2D eigenvalue weighted by Crippen LogP contribution is -2.26.